The summed E-state index contributed by atoms with van der Waals surface area (Å²) < 4.78 is 19.6. The molecule has 0 saturated carbocycles. The highest BCUT2D eigenvalue weighted by molar-refractivity contribution is 5.76. The van der Waals surface area contributed by atoms with Crippen molar-refractivity contribution in [2.45, 2.75) is 52.6 Å². The van der Waals surface area contributed by atoms with Crippen molar-refractivity contribution in [1.29, 1.82) is 0 Å². The SMILES string of the molecule is Cc1cc(-c2cnc(OC(C)C)nc2N2CCC(c3nc[nH]c3C)CC2)ccc1F. The van der Waals surface area contributed by atoms with Crippen molar-refractivity contribution in [2.75, 3.05) is 18.0 Å². The Balaban J connectivity index is 1.64. The lowest BCUT2D eigenvalue weighted by molar-refractivity contribution is 0.222. The van der Waals surface area contributed by atoms with Gasteiger partial charge in [-0.15, -0.1) is 0 Å². The van der Waals surface area contributed by atoms with Crippen LogP contribution in [0.25, 0.3) is 11.1 Å². The van der Waals surface area contributed by atoms with Crippen LogP contribution in [-0.2, 0) is 0 Å². The van der Waals surface area contributed by atoms with Gasteiger partial charge in [0.25, 0.3) is 0 Å². The minimum Gasteiger partial charge on any atom is -0.461 e. The number of nitrogens with zero attached hydrogens (tertiary/aromatic N) is 4. The molecule has 0 aliphatic carbocycles. The van der Waals surface area contributed by atoms with E-state index in [0.717, 1.165) is 54.3 Å². The van der Waals surface area contributed by atoms with E-state index in [1.165, 1.54) is 6.07 Å². The summed E-state index contributed by atoms with van der Waals surface area (Å²) in [6, 6.07) is 5.50. The molecule has 1 saturated heterocycles. The molecule has 1 aromatic carbocycles. The number of aromatic amines is 1. The fourth-order valence-electron chi connectivity index (χ4n) is 4.03. The quantitative estimate of drug-likeness (QED) is 0.656. The Bertz CT molecular complexity index is 1020. The Kier molecular flexibility index (Phi) is 5.70. The zero-order chi connectivity index (χ0) is 21.3. The standard InChI is InChI=1S/C23H28FN5O/c1-14(2)30-23-25-12-19(18-5-6-20(24)15(3)11-18)22(28-23)29-9-7-17(8-10-29)21-16(4)26-13-27-21/h5-6,11-14,17H,7-10H2,1-4H3,(H,26,27). The average molecular weight is 410 g/mol. The molecule has 30 heavy (non-hydrogen) atoms. The van der Waals surface area contributed by atoms with Crippen LogP contribution in [0.2, 0.25) is 0 Å². The molecule has 0 bridgehead atoms. The summed E-state index contributed by atoms with van der Waals surface area (Å²) in [6.07, 6.45) is 5.54. The number of ether oxygens (including phenoxy) is 1. The summed E-state index contributed by atoms with van der Waals surface area (Å²) in [5.41, 5.74) is 4.71. The van der Waals surface area contributed by atoms with E-state index in [0.29, 0.717) is 17.5 Å². The third kappa shape index (κ3) is 4.15. The van der Waals surface area contributed by atoms with Crippen LogP contribution in [0.15, 0.2) is 30.7 Å². The first kappa shape index (κ1) is 20.3. The topological polar surface area (TPSA) is 66.9 Å². The molecule has 1 N–H and O–H groups in total. The number of piperidine rings is 1. The van der Waals surface area contributed by atoms with Crippen molar-refractivity contribution < 1.29 is 9.13 Å². The van der Waals surface area contributed by atoms with E-state index < -0.39 is 0 Å². The summed E-state index contributed by atoms with van der Waals surface area (Å²) >= 11 is 0. The Labute approximate surface area is 176 Å². The zero-order valence-electron chi connectivity index (χ0n) is 17.9. The number of H-pyrrole nitrogens is 1. The molecule has 6 nitrogen and oxygen atoms in total. The van der Waals surface area contributed by atoms with Gasteiger partial charge < -0.3 is 14.6 Å². The van der Waals surface area contributed by atoms with Gasteiger partial charge in [-0.05, 0) is 63.8 Å². The largest absolute Gasteiger partial charge is 0.461 e. The molecule has 158 valence electrons. The van der Waals surface area contributed by atoms with Gasteiger partial charge in [0, 0.05) is 36.5 Å². The van der Waals surface area contributed by atoms with Crippen molar-refractivity contribution in [1.82, 2.24) is 19.9 Å². The van der Waals surface area contributed by atoms with Crippen molar-refractivity contribution >= 4 is 5.82 Å². The lowest BCUT2D eigenvalue weighted by Crippen LogP contribution is -2.34. The number of nitrogens with one attached hydrogen (secondary N) is 1. The van der Waals surface area contributed by atoms with Gasteiger partial charge in [0.1, 0.15) is 11.6 Å². The first-order valence-electron chi connectivity index (χ1n) is 10.5. The molecule has 1 fully saturated rings. The molecule has 7 heteroatoms. The Hall–Kier alpha value is -2.96. The number of aryl methyl sites for hydroxylation is 2. The minimum atomic E-state index is -0.212. The van der Waals surface area contributed by atoms with Gasteiger partial charge in [-0.25, -0.2) is 14.4 Å². The van der Waals surface area contributed by atoms with Gasteiger partial charge in [-0.2, -0.15) is 4.98 Å². The maximum atomic E-state index is 13.8. The van der Waals surface area contributed by atoms with Crippen molar-refractivity contribution in [2.24, 2.45) is 0 Å². The number of hydrogen-bond donors (Lipinski definition) is 1. The predicted octanol–water partition coefficient (Wildman–Crippen LogP) is 4.79. The van der Waals surface area contributed by atoms with E-state index in [1.54, 1.807) is 25.5 Å². The number of hydrogen-bond acceptors (Lipinski definition) is 5. The van der Waals surface area contributed by atoms with Gasteiger partial charge in [0.05, 0.1) is 18.1 Å². The van der Waals surface area contributed by atoms with E-state index in [1.807, 2.05) is 19.9 Å². The van der Waals surface area contributed by atoms with Crippen molar-refractivity contribution in [3.63, 3.8) is 0 Å². The van der Waals surface area contributed by atoms with E-state index >= 15 is 0 Å². The zero-order valence-corrected chi connectivity index (χ0v) is 17.9. The Morgan fingerprint density at radius 1 is 1.17 bits per heavy atom. The molecule has 2 aromatic heterocycles. The molecule has 0 radical (unpaired) electrons. The number of benzene rings is 1. The van der Waals surface area contributed by atoms with Crippen molar-refractivity contribution in [3.05, 3.63) is 53.5 Å². The molecule has 0 spiro atoms. The number of aromatic nitrogens is 4. The van der Waals surface area contributed by atoms with Gasteiger partial charge >= 0.3 is 6.01 Å². The monoisotopic (exact) mass is 409 g/mol. The molecule has 3 aromatic rings. The summed E-state index contributed by atoms with van der Waals surface area (Å²) in [5.74, 6) is 1.07. The molecule has 0 atom stereocenters. The lowest BCUT2D eigenvalue weighted by atomic mass is 9.92. The molecular formula is C23H28FN5O. The minimum absolute atomic E-state index is 0.00913. The van der Waals surface area contributed by atoms with Crippen LogP contribution in [-0.4, -0.2) is 39.1 Å². The molecule has 0 amide bonds. The van der Waals surface area contributed by atoms with Crippen LogP contribution in [0.4, 0.5) is 10.2 Å². The highest BCUT2D eigenvalue weighted by Gasteiger charge is 2.26. The molecule has 3 heterocycles. The third-order valence-corrected chi connectivity index (χ3v) is 5.61. The number of halogens is 1. The van der Waals surface area contributed by atoms with Crippen LogP contribution in [0.5, 0.6) is 6.01 Å². The second-order valence-corrected chi connectivity index (χ2v) is 8.19. The van der Waals surface area contributed by atoms with Crippen LogP contribution in [0.1, 0.15) is 49.6 Å². The summed E-state index contributed by atoms with van der Waals surface area (Å²) in [7, 11) is 0. The van der Waals surface area contributed by atoms with Crippen LogP contribution in [0, 0.1) is 19.7 Å². The van der Waals surface area contributed by atoms with Gasteiger partial charge in [0.2, 0.25) is 0 Å². The van der Waals surface area contributed by atoms with Gasteiger partial charge in [-0.3, -0.25) is 0 Å². The molecule has 1 aliphatic rings. The molecular weight excluding hydrogens is 381 g/mol. The number of imidazole rings is 1. The molecule has 0 unspecified atom stereocenters. The molecule has 1 aliphatic heterocycles. The van der Waals surface area contributed by atoms with E-state index in [2.05, 4.69) is 26.8 Å². The Morgan fingerprint density at radius 3 is 2.57 bits per heavy atom. The van der Waals surface area contributed by atoms with Crippen molar-refractivity contribution in [3.8, 4) is 17.1 Å². The summed E-state index contributed by atoms with van der Waals surface area (Å²) in [4.78, 5) is 19.1. The normalized spacial score (nSPS) is 15.1. The summed E-state index contributed by atoms with van der Waals surface area (Å²) in [5, 5.41) is 0. The van der Waals surface area contributed by atoms with Gasteiger partial charge in [-0.1, -0.05) is 6.07 Å². The average Bonchev–Trinajstić information content (AvgIpc) is 3.16. The second-order valence-electron chi connectivity index (χ2n) is 8.19. The first-order chi connectivity index (χ1) is 14.4. The highest BCUT2D eigenvalue weighted by atomic mass is 19.1. The third-order valence-electron chi connectivity index (χ3n) is 5.61. The lowest BCUT2D eigenvalue weighted by Gasteiger charge is -2.33. The Morgan fingerprint density at radius 2 is 1.93 bits per heavy atom. The fourth-order valence-corrected chi connectivity index (χ4v) is 4.03. The van der Waals surface area contributed by atoms with E-state index in [4.69, 9.17) is 9.72 Å². The summed E-state index contributed by atoms with van der Waals surface area (Å²) in [6.45, 7) is 9.48. The van der Waals surface area contributed by atoms with Crippen LogP contribution in [0.3, 0.4) is 0 Å². The predicted molar refractivity (Wildman–Crippen MR) is 115 cm³/mol. The smallest absolute Gasteiger partial charge is 0.318 e. The molecule has 4 rings (SSSR count). The van der Waals surface area contributed by atoms with Crippen LogP contribution >= 0.6 is 0 Å². The first-order valence-corrected chi connectivity index (χ1v) is 10.5. The van der Waals surface area contributed by atoms with E-state index in [-0.39, 0.29) is 11.9 Å². The fraction of sp³-hybridized carbons (Fsp3) is 0.435. The van der Waals surface area contributed by atoms with Gasteiger partial charge in [0.15, 0.2) is 0 Å². The maximum Gasteiger partial charge on any atom is 0.318 e. The number of rotatable bonds is 5. The van der Waals surface area contributed by atoms with E-state index in [9.17, 15) is 4.39 Å². The van der Waals surface area contributed by atoms with Crippen LogP contribution < -0.4 is 9.64 Å². The highest BCUT2D eigenvalue weighted by Crippen LogP contribution is 2.35. The maximum absolute atomic E-state index is 13.8. The second kappa shape index (κ2) is 8.42. The number of anilines is 1.